The maximum Gasteiger partial charge on any atom is 0.173 e. The number of nitrogens with one attached hydrogen (secondary N) is 1. The summed E-state index contributed by atoms with van der Waals surface area (Å²) < 4.78 is 5.43. The summed E-state index contributed by atoms with van der Waals surface area (Å²) in [4.78, 5) is 9.49. The van der Waals surface area contributed by atoms with Crippen molar-refractivity contribution in [2.45, 2.75) is 0 Å². The average molecular weight is 380 g/mol. The van der Waals surface area contributed by atoms with Gasteiger partial charge in [-0.25, -0.2) is 9.98 Å². The number of para-hydroxylation sites is 3. The third-order valence-electron chi connectivity index (χ3n) is 4.34. The molecule has 142 valence electrons. The van der Waals surface area contributed by atoms with Crippen LogP contribution in [0.2, 0.25) is 0 Å². The lowest BCUT2D eigenvalue weighted by Gasteiger charge is -2.09. The highest BCUT2D eigenvalue weighted by molar-refractivity contribution is 6.01. The molecule has 0 saturated heterocycles. The van der Waals surface area contributed by atoms with Crippen molar-refractivity contribution in [1.82, 2.24) is 10.4 Å². The van der Waals surface area contributed by atoms with Crippen LogP contribution in [0.5, 0.6) is 5.75 Å². The molecule has 0 unspecified atom stereocenters. The van der Waals surface area contributed by atoms with Crippen molar-refractivity contribution in [2.75, 3.05) is 7.11 Å². The number of methoxy groups -OCH3 is 1. The zero-order chi connectivity index (χ0) is 19.9. The molecule has 0 radical (unpaired) electrons. The molecule has 3 aromatic carbocycles. The van der Waals surface area contributed by atoms with Gasteiger partial charge in [-0.3, -0.25) is 5.43 Å². The summed E-state index contributed by atoms with van der Waals surface area (Å²) in [6.07, 6.45) is 1.75. The molecule has 4 aromatic rings. The predicted molar refractivity (Wildman–Crippen MR) is 118 cm³/mol. The largest absolute Gasteiger partial charge is 0.494 e. The molecule has 1 N–H and O–H groups in total. The van der Waals surface area contributed by atoms with Crippen LogP contribution >= 0.6 is 0 Å². The Hall–Kier alpha value is -3.99. The molecule has 1 heterocycles. The fourth-order valence-electron chi connectivity index (χ4n) is 2.89. The smallest absolute Gasteiger partial charge is 0.173 e. The van der Waals surface area contributed by atoms with Gasteiger partial charge in [-0.2, -0.15) is 5.10 Å². The number of pyridine rings is 1. The zero-order valence-corrected chi connectivity index (χ0v) is 16.0. The minimum Gasteiger partial charge on any atom is -0.494 e. The molecule has 0 aliphatic carbocycles. The molecule has 0 aliphatic heterocycles. The van der Waals surface area contributed by atoms with Crippen LogP contribution in [0.15, 0.2) is 101 Å². The van der Waals surface area contributed by atoms with Gasteiger partial charge in [0.25, 0.3) is 0 Å². The first-order valence-electron chi connectivity index (χ1n) is 9.25. The minimum absolute atomic E-state index is 0.535. The minimum atomic E-state index is 0.535. The van der Waals surface area contributed by atoms with Gasteiger partial charge in [-0.15, -0.1) is 0 Å². The van der Waals surface area contributed by atoms with E-state index >= 15 is 0 Å². The SMILES string of the molecule is COc1ccccc1N=C(NN=Cc1ccccc1)c1ccc2ccccc2n1. The summed E-state index contributed by atoms with van der Waals surface area (Å²) in [5, 5.41) is 5.43. The summed E-state index contributed by atoms with van der Waals surface area (Å²) >= 11 is 0. The molecule has 0 saturated carbocycles. The van der Waals surface area contributed by atoms with Gasteiger partial charge in [0.2, 0.25) is 0 Å². The lowest BCUT2D eigenvalue weighted by molar-refractivity contribution is 0.416. The van der Waals surface area contributed by atoms with E-state index in [1.165, 1.54) is 0 Å². The van der Waals surface area contributed by atoms with Crippen molar-refractivity contribution in [1.29, 1.82) is 0 Å². The number of fused-ring (bicyclic) bond motifs is 1. The van der Waals surface area contributed by atoms with Crippen molar-refractivity contribution in [3.8, 4) is 5.75 Å². The third kappa shape index (κ3) is 4.47. The molecular formula is C24H20N4O. The van der Waals surface area contributed by atoms with E-state index in [0.717, 1.165) is 16.5 Å². The molecule has 0 spiro atoms. The summed E-state index contributed by atoms with van der Waals surface area (Å²) in [7, 11) is 1.63. The number of amidine groups is 1. The zero-order valence-electron chi connectivity index (χ0n) is 16.0. The molecule has 5 nitrogen and oxygen atoms in total. The monoisotopic (exact) mass is 380 g/mol. The van der Waals surface area contributed by atoms with Gasteiger partial charge >= 0.3 is 0 Å². The second kappa shape index (κ2) is 8.80. The third-order valence-corrected chi connectivity index (χ3v) is 4.34. The van der Waals surface area contributed by atoms with E-state index in [1.54, 1.807) is 13.3 Å². The summed E-state index contributed by atoms with van der Waals surface area (Å²) in [5.74, 6) is 1.21. The molecular weight excluding hydrogens is 360 g/mol. The van der Waals surface area contributed by atoms with Crippen LogP contribution in [0.1, 0.15) is 11.3 Å². The number of hydrogen-bond acceptors (Lipinski definition) is 4. The quantitative estimate of drug-likeness (QED) is 0.303. The molecule has 4 rings (SSSR count). The molecule has 1 aromatic heterocycles. The number of aromatic nitrogens is 1. The number of hydrazone groups is 1. The highest BCUT2D eigenvalue weighted by atomic mass is 16.5. The number of hydrogen-bond donors (Lipinski definition) is 1. The number of aliphatic imine (C=N–C) groups is 1. The van der Waals surface area contributed by atoms with Gasteiger partial charge in [-0.05, 0) is 29.8 Å². The Morgan fingerprint density at radius 3 is 2.48 bits per heavy atom. The second-order valence-electron chi connectivity index (χ2n) is 6.30. The van der Waals surface area contributed by atoms with Crippen LogP contribution in [0.3, 0.4) is 0 Å². The first-order valence-corrected chi connectivity index (χ1v) is 9.25. The predicted octanol–water partition coefficient (Wildman–Crippen LogP) is 4.95. The maximum absolute atomic E-state index is 5.43. The summed E-state index contributed by atoms with van der Waals surface area (Å²) in [6, 6.07) is 29.4. The van der Waals surface area contributed by atoms with Crippen LogP contribution < -0.4 is 10.2 Å². The standard InChI is InChI=1S/C24H20N4O/c1-29-23-14-8-7-13-21(23)27-24(28-25-17-18-9-3-2-4-10-18)22-16-15-19-11-5-6-12-20(19)26-22/h2-17H,1H3,(H,27,28). The molecule has 0 atom stereocenters. The molecule has 0 amide bonds. The highest BCUT2D eigenvalue weighted by Crippen LogP contribution is 2.27. The number of rotatable bonds is 5. The van der Waals surface area contributed by atoms with Crippen LogP contribution in [0.25, 0.3) is 10.9 Å². The molecule has 0 aliphatic rings. The molecule has 0 bridgehead atoms. The Morgan fingerprint density at radius 1 is 0.862 bits per heavy atom. The number of nitrogens with zero attached hydrogens (tertiary/aromatic N) is 3. The molecule has 0 fully saturated rings. The van der Waals surface area contributed by atoms with Crippen molar-refractivity contribution < 1.29 is 4.74 Å². The van der Waals surface area contributed by atoms with Gasteiger partial charge < -0.3 is 4.74 Å². The maximum atomic E-state index is 5.43. The van der Waals surface area contributed by atoms with Crippen molar-refractivity contribution >= 4 is 28.6 Å². The second-order valence-corrected chi connectivity index (χ2v) is 6.30. The topological polar surface area (TPSA) is 58.9 Å². The van der Waals surface area contributed by atoms with E-state index in [9.17, 15) is 0 Å². The normalized spacial score (nSPS) is 11.7. The van der Waals surface area contributed by atoms with E-state index in [0.29, 0.717) is 23.0 Å². The van der Waals surface area contributed by atoms with Crippen molar-refractivity contribution in [3.63, 3.8) is 0 Å². The van der Waals surface area contributed by atoms with E-state index < -0.39 is 0 Å². The van der Waals surface area contributed by atoms with Crippen molar-refractivity contribution in [3.05, 3.63) is 102 Å². The Kier molecular flexibility index (Phi) is 5.58. The highest BCUT2D eigenvalue weighted by Gasteiger charge is 2.08. The van der Waals surface area contributed by atoms with Crippen LogP contribution in [-0.2, 0) is 0 Å². The first kappa shape index (κ1) is 18.4. The van der Waals surface area contributed by atoms with Gasteiger partial charge in [0.05, 0.1) is 18.8 Å². The lowest BCUT2D eigenvalue weighted by atomic mass is 10.2. The Morgan fingerprint density at radius 2 is 1.62 bits per heavy atom. The van der Waals surface area contributed by atoms with Crippen molar-refractivity contribution in [2.24, 2.45) is 10.1 Å². The van der Waals surface area contributed by atoms with Gasteiger partial charge in [0.15, 0.2) is 5.84 Å². The van der Waals surface area contributed by atoms with E-state index in [2.05, 4.69) is 10.5 Å². The lowest BCUT2D eigenvalue weighted by Crippen LogP contribution is -2.20. The fourth-order valence-corrected chi connectivity index (χ4v) is 2.89. The van der Waals surface area contributed by atoms with E-state index in [1.807, 2.05) is 91.0 Å². The van der Waals surface area contributed by atoms with Gasteiger partial charge in [-0.1, -0.05) is 66.7 Å². The average Bonchev–Trinajstić information content (AvgIpc) is 2.79. The van der Waals surface area contributed by atoms with Crippen LogP contribution in [0, 0.1) is 0 Å². The van der Waals surface area contributed by atoms with Crippen LogP contribution in [-0.4, -0.2) is 24.1 Å². The molecule has 5 heteroatoms. The Bertz CT molecular complexity index is 1170. The number of benzene rings is 3. The number of ether oxygens (including phenoxy) is 1. The first-order chi connectivity index (χ1) is 14.3. The summed E-state index contributed by atoms with van der Waals surface area (Å²) in [6.45, 7) is 0. The van der Waals surface area contributed by atoms with Crippen LogP contribution in [0.4, 0.5) is 5.69 Å². The van der Waals surface area contributed by atoms with Gasteiger partial charge in [0, 0.05) is 5.39 Å². The van der Waals surface area contributed by atoms with Gasteiger partial charge in [0.1, 0.15) is 17.1 Å². The Balaban J connectivity index is 1.73. The Labute approximate surface area is 169 Å². The summed E-state index contributed by atoms with van der Waals surface area (Å²) in [5.41, 5.74) is 6.33. The fraction of sp³-hybridized carbons (Fsp3) is 0.0417. The van der Waals surface area contributed by atoms with E-state index in [-0.39, 0.29) is 0 Å². The van der Waals surface area contributed by atoms with E-state index in [4.69, 9.17) is 14.7 Å². The molecule has 29 heavy (non-hydrogen) atoms.